The fraction of sp³-hybridized carbons (Fsp3) is 0. The van der Waals surface area contributed by atoms with Gasteiger partial charge in [-0.05, 0) is 66.7 Å². The Morgan fingerprint density at radius 2 is 1.30 bits per heavy atom. The zero-order chi connectivity index (χ0) is 26.2. The summed E-state index contributed by atoms with van der Waals surface area (Å²) in [6.45, 7) is 0. The van der Waals surface area contributed by atoms with Gasteiger partial charge in [-0.3, -0.25) is 9.13 Å². The van der Waals surface area contributed by atoms with Crippen molar-refractivity contribution in [3.63, 3.8) is 0 Å². The summed E-state index contributed by atoms with van der Waals surface area (Å²) in [7, 11) is 0. The van der Waals surface area contributed by atoms with Crippen LogP contribution in [-0.2, 0) is 0 Å². The van der Waals surface area contributed by atoms with Crippen LogP contribution in [0.5, 0.6) is 0 Å². The molecule has 40 heavy (non-hydrogen) atoms. The quantitative estimate of drug-likeness (QED) is 0.227. The third-order valence-electron chi connectivity index (χ3n) is 7.75. The second-order valence-corrected chi connectivity index (χ2v) is 11.1. The summed E-state index contributed by atoms with van der Waals surface area (Å²) >= 11 is 1.80. The SMILES string of the molecule is c1ccc(-n2c(-c3ccc4c(c3)c3c5sc6ccccc6c5oc3n4-c3ccccc3)nc3ccccc32)cc1. The third kappa shape index (κ3) is 2.98. The van der Waals surface area contributed by atoms with Crippen molar-refractivity contribution in [1.29, 1.82) is 0 Å². The third-order valence-corrected chi connectivity index (χ3v) is 8.92. The number of hydrogen-bond acceptors (Lipinski definition) is 3. The maximum atomic E-state index is 6.72. The number of hydrogen-bond donors (Lipinski definition) is 0. The number of thiophene rings is 1. The van der Waals surface area contributed by atoms with Crippen LogP contribution < -0.4 is 0 Å². The molecule has 4 aromatic heterocycles. The molecule has 0 fully saturated rings. The Kier molecular flexibility index (Phi) is 4.45. The Morgan fingerprint density at radius 3 is 2.12 bits per heavy atom. The summed E-state index contributed by atoms with van der Waals surface area (Å²) in [6.07, 6.45) is 0. The number of fused-ring (bicyclic) bond motifs is 8. The van der Waals surface area contributed by atoms with Crippen molar-refractivity contribution in [3.05, 3.63) is 127 Å². The zero-order valence-electron chi connectivity index (χ0n) is 21.3. The van der Waals surface area contributed by atoms with Crippen LogP contribution in [0.1, 0.15) is 0 Å². The van der Waals surface area contributed by atoms with Crippen molar-refractivity contribution >= 4 is 64.7 Å². The van der Waals surface area contributed by atoms with Crippen molar-refractivity contribution in [3.8, 4) is 22.8 Å². The van der Waals surface area contributed by atoms with Crippen LogP contribution in [0, 0.1) is 0 Å². The van der Waals surface area contributed by atoms with E-state index in [9.17, 15) is 0 Å². The van der Waals surface area contributed by atoms with E-state index in [4.69, 9.17) is 9.40 Å². The lowest BCUT2D eigenvalue weighted by Gasteiger charge is -2.10. The molecular formula is C35H21N3OS. The van der Waals surface area contributed by atoms with Crippen LogP contribution in [-0.4, -0.2) is 14.1 Å². The molecule has 0 aliphatic heterocycles. The van der Waals surface area contributed by atoms with E-state index >= 15 is 0 Å². The van der Waals surface area contributed by atoms with Crippen LogP contribution in [0.3, 0.4) is 0 Å². The first-order valence-corrected chi connectivity index (χ1v) is 14.1. The Morgan fingerprint density at radius 1 is 0.600 bits per heavy atom. The van der Waals surface area contributed by atoms with Crippen molar-refractivity contribution in [2.45, 2.75) is 0 Å². The van der Waals surface area contributed by atoms with Gasteiger partial charge in [-0.1, -0.05) is 60.7 Å². The summed E-state index contributed by atoms with van der Waals surface area (Å²) in [4.78, 5) is 5.13. The lowest BCUT2D eigenvalue weighted by atomic mass is 10.1. The Hall–Kier alpha value is -5.13. The summed E-state index contributed by atoms with van der Waals surface area (Å²) in [6, 6.07) is 44.4. The van der Waals surface area contributed by atoms with Crippen LogP contribution in [0.25, 0.3) is 76.2 Å². The molecule has 0 amide bonds. The van der Waals surface area contributed by atoms with Crippen molar-refractivity contribution < 1.29 is 4.42 Å². The highest BCUT2D eigenvalue weighted by Gasteiger charge is 2.23. The van der Waals surface area contributed by atoms with Gasteiger partial charge in [0.1, 0.15) is 5.82 Å². The molecule has 188 valence electrons. The predicted octanol–water partition coefficient (Wildman–Crippen LogP) is 9.75. The van der Waals surface area contributed by atoms with E-state index in [-0.39, 0.29) is 0 Å². The summed E-state index contributed by atoms with van der Waals surface area (Å²) < 4.78 is 13.6. The van der Waals surface area contributed by atoms with E-state index in [1.165, 1.54) is 9.40 Å². The molecule has 4 heterocycles. The molecule has 0 saturated heterocycles. The highest BCUT2D eigenvalue weighted by molar-refractivity contribution is 7.26. The minimum atomic E-state index is 0.877. The van der Waals surface area contributed by atoms with E-state index in [1.807, 2.05) is 18.2 Å². The topological polar surface area (TPSA) is 35.9 Å². The molecule has 5 aromatic carbocycles. The Balaban J connectivity index is 1.40. The van der Waals surface area contributed by atoms with E-state index < -0.39 is 0 Å². The summed E-state index contributed by atoms with van der Waals surface area (Å²) in [5.41, 5.74) is 8.25. The largest absolute Gasteiger partial charge is 0.438 e. The average Bonchev–Trinajstić information content (AvgIpc) is 3.75. The van der Waals surface area contributed by atoms with Gasteiger partial charge < -0.3 is 4.42 Å². The fourth-order valence-electron chi connectivity index (χ4n) is 6.00. The van der Waals surface area contributed by atoms with Gasteiger partial charge in [-0.15, -0.1) is 11.3 Å². The second-order valence-electron chi connectivity index (χ2n) is 10.0. The minimum absolute atomic E-state index is 0.877. The number of para-hydroxylation sites is 4. The van der Waals surface area contributed by atoms with Crippen LogP contribution in [0.15, 0.2) is 132 Å². The molecule has 9 rings (SSSR count). The number of benzene rings is 5. The van der Waals surface area contributed by atoms with E-state index in [2.05, 4.69) is 118 Å². The van der Waals surface area contributed by atoms with Gasteiger partial charge in [0, 0.05) is 32.4 Å². The highest BCUT2D eigenvalue weighted by Crippen LogP contribution is 2.46. The normalized spacial score (nSPS) is 12.0. The number of imidazole rings is 1. The first kappa shape index (κ1) is 21.8. The Labute approximate surface area is 233 Å². The van der Waals surface area contributed by atoms with Gasteiger partial charge in [0.05, 0.1) is 26.6 Å². The molecule has 0 unspecified atom stereocenters. The molecule has 0 spiro atoms. The van der Waals surface area contributed by atoms with Gasteiger partial charge >= 0.3 is 0 Å². The molecule has 0 N–H and O–H groups in total. The van der Waals surface area contributed by atoms with Crippen molar-refractivity contribution in [1.82, 2.24) is 14.1 Å². The number of nitrogens with zero attached hydrogens (tertiary/aromatic N) is 3. The Bertz CT molecular complexity index is 2370. The lowest BCUT2D eigenvalue weighted by Crippen LogP contribution is -1.97. The standard InChI is InChI=1S/C35H21N3OS/c1-3-11-23(12-4-1)37-29-17-9-8-16-27(29)36-34(37)22-19-20-28-26(21-22)31-33-32(25-15-7-10-18-30(25)40-33)39-35(31)38(28)24-13-5-2-6-14-24/h1-21H. The van der Waals surface area contributed by atoms with Gasteiger partial charge in [0.15, 0.2) is 5.58 Å². The monoisotopic (exact) mass is 531 g/mol. The zero-order valence-corrected chi connectivity index (χ0v) is 22.1. The lowest BCUT2D eigenvalue weighted by molar-refractivity contribution is 0.649. The van der Waals surface area contributed by atoms with E-state index in [0.29, 0.717) is 0 Å². The molecule has 0 saturated carbocycles. The molecule has 5 heteroatoms. The van der Waals surface area contributed by atoms with Crippen molar-refractivity contribution in [2.24, 2.45) is 0 Å². The van der Waals surface area contributed by atoms with Crippen LogP contribution in [0.2, 0.25) is 0 Å². The molecule has 0 aliphatic carbocycles. The summed E-state index contributed by atoms with van der Waals surface area (Å²) in [5.74, 6) is 0.922. The highest BCUT2D eigenvalue weighted by atomic mass is 32.1. The number of aromatic nitrogens is 3. The number of furan rings is 1. The molecular weight excluding hydrogens is 510 g/mol. The first-order valence-electron chi connectivity index (χ1n) is 13.3. The second kappa shape index (κ2) is 8.18. The van der Waals surface area contributed by atoms with Crippen LogP contribution >= 0.6 is 11.3 Å². The predicted molar refractivity (Wildman–Crippen MR) is 166 cm³/mol. The molecule has 4 nitrogen and oxygen atoms in total. The smallest absolute Gasteiger partial charge is 0.214 e. The number of rotatable bonds is 3. The molecule has 0 aliphatic rings. The van der Waals surface area contributed by atoms with E-state index in [1.54, 1.807) is 11.3 Å². The average molecular weight is 532 g/mol. The maximum Gasteiger partial charge on any atom is 0.214 e. The minimum Gasteiger partial charge on any atom is -0.438 e. The molecule has 0 atom stereocenters. The van der Waals surface area contributed by atoms with Crippen molar-refractivity contribution in [2.75, 3.05) is 0 Å². The van der Waals surface area contributed by atoms with Gasteiger partial charge in [0.25, 0.3) is 0 Å². The van der Waals surface area contributed by atoms with Crippen LogP contribution in [0.4, 0.5) is 0 Å². The fourth-order valence-corrected chi connectivity index (χ4v) is 7.18. The molecule has 0 bridgehead atoms. The van der Waals surface area contributed by atoms with Gasteiger partial charge in [-0.2, -0.15) is 0 Å². The van der Waals surface area contributed by atoms with Gasteiger partial charge in [-0.25, -0.2) is 4.98 Å². The molecule has 0 radical (unpaired) electrons. The summed E-state index contributed by atoms with van der Waals surface area (Å²) in [5, 5.41) is 3.47. The van der Waals surface area contributed by atoms with Gasteiger partial charge in [0.2, 0.25) is 5.71 Å². The maximum absolute atomic E-state index is 6.72. The van der Waals surface area contributed by atoms with E-state index in [0.717, 1.165) is 66.8 Å². The molecule has 9 aromatic rings. The first-order chi connectivity index (χ1) is 19.8.